The highest BCUT2D eigenvalue weighted by Gasteiger charge is 2.19. The van der Waals surface area contributed by atoms with Crippen molar-refractivity contribution >= 4 is 39.0 Å². The molecule has 5 heteroatoms. The van der Waals surface area contributed by atoms with Gasteiger partial charge in [-0.05, 0) is 40.2 Å². The molecule has 104 valence electrons. The van der Waals surface area contributed by atoms with Crippen molar-refractivity contribution in [1.82, 2.24) is 4.98 Å². The van der Waals surface area contributed by atoms with Crippen LogP contribution in [0.4, 0.5) is 11.5 Å². The normalized spacial score (nSPS) is 15.5. The topological polar surface area (TPSA) is 19.4 Å². The number of rotatable bonds is 2. The van der Waals surface area contributed by atoms with Crippen LogP contribution in [0.15, 0.2) is 47.1 Å². The zero-order valence-corrected chi connectivity index (χ0v) is 13.3. The fourth-order valence-electron chi connectivity index (χ4n) is 2.46. The number of hydrogen-bond donors (Lipinski definition) is 0. The number of aromatic nitrogens is 1. The molecule has 0 amide bonds. The minimum Gasteiger partial charge on any atom is -0.367 e. The van der Waals surface area contributed by atoms with Gasteiger partial charge in [0.25, 0.3) is 0 Å². The standard InChI is InChI=1S/C15H15BrClN3/c16-14-6-3-7-15(18-14)20-10-8-19(9-11-20)13-5-2-1-4-12(13)17/h1-7H,8-11H2. The summed E-state index contributed by atoms with van der Waals surface area (Å²) in [5, 5.41) is 0.821. The van der Waals surface area contributed by atoms with Crippen molar-refractivity contribution in [3.05, 3.63) is 52.1 Å². The summed E-state index contributed by atoms with van der Waals surface area (Å²) >= 11 is 9.68. The molecule has 0 atom stereocenters. The van der Waals surface area contributed by atoms with Gasteiger partial charge in [0.2, 0.25) is 0 Å². The van der Waals surface area contributed by atoms with Gasteiger partial charge in [0.15, 0.2) is 0 Å². The van der Waals surface area contributed by atoms with E-state index in [0.29, 0.717) is 0 Å². The van der Waals surface area contributed by atoms with Gasteiger partial charge in [-0.15, -0.1) is 0 Å². The summed E-state index contributed by atoms with van der Waals surface area (Å²) < 4.78 is 0.878. The van der Waals surface area contributed by atoms with Gasteiger partial charge >= 0.3 is 0 Å². The molecule has 1 aliphatic rings. The van der Waals surface area contributed by atoms with Crippen LogP contribution in [-0.2, 0) is 0 Å². The minimum absolute atomic E-state index is 0.821. The molecule has 1 saturated heterocycles. The van der Waals surface area contributed by atoms with Gasteiger partial charge in [-0.2, -0.15) is 0 Å². The number of para-hydroxylation sites is 1. The third-order valence-corrected chi connectivity index (χ3v) is 4.26. The Hall–Kier alpha value is -1.26. The Morgan fingerprint density at radius 1 is 0.900 bits per heavy atom. The zero-order valence-electron chi connectivity index (χ0n) is 11.0. The molecule has 20 heavy (non-hydrogen) atoms. The van der Waals surface area contributed by atoms with Gasteiger partial charge in [-0.1, -0.05) is 29.8 Å². The quantitative estimate of drug-likeness (QED) is 0.766. The fraction of sp³-hybridized carbons (Fsp3) is 0.267. The molecule has 0 bridgehead atoms. The maximum Gasteiger partial charge on any atom is 0.129 e. The second-order valence-corrected chi connectivity index (χ2v) is 5.96. The first-order chi connectivity index (χ1) is 9.74. The van der Waals surface area contributed by atoms with Gasteiger partial charge in [0.1, 0.15) is 10.4 Å². The molecule has 1 fully saturated rings. The van der Waals surface area contributed by atoms with Crippen LogP contribution >= 0.6 is 27.5 Å². The van der Waals surface area contributed by atoms with E-state index in [1.54, 1.807) is 0 Å². The third-order valence-electron chi connectivity index (χ3n) is 3.50. The molecule has 0 N–H and O–H groups in total. The molecule has 0 saturated carbocycles. The molecular weight excluding hydrogens is 338 g/mol. The van der Waals surface area contributed by atoms with Crippen LogP contribution in [0.3, 0.4) is 0 Å². The van der Waals surface area contributed by atoms with Gasteiger partial charge in [0.05, 0.1) is 10.7 Å². The summed E-state index contributed by atoms with van der Waals surface area (Å²) in [4.78, 5) is 9.14. The van der Waals surface area contributed by atoms with E-state index in [9.17, 15) is 0 Å². The fourth-order valence-corrected chi connectivity index (χ4v) is 3.05. The van der Waals surface area contributed by atoms with Crippen molar-refractivity contribution in [1.29, 1.82) is 0 Å². The Morgan fingerprint density at radius 3 is 2.30 bits per heavy atom. The molecule has 1 aliphatic heterocycles. The molecule has 3 nitrogen and oxygen atoms in total. The van der Waals surface area contributed by atoms with E-state index in [1.165, 1.54) is 0 Å². The Morgan fingerprint density at radius 2 is 1.60 bits per heavy atom. The summed E-state index contributed by atoms with van der Waals surface area (Å²) in [5.74, 6) is 1.03. The van der Waals surface area contributed by atoms with E-state index in [2.05, 4.69) is 42.8 Å². The van der Waals surface area contributed by atoms with Gasteiger partial charge < -0.3 is 9.80 Å². The molecular formula is C15H15BrClN3. The Kier molecular flexibility index (Phi) is 4.13. The minimum atomic E-state index is 0.821. The van der Waals surface area contributed by atoms with E-state index in [0.717, 1.165) is 47.3 Å². The van der Waals surface area contributed by atoms with Gasteiger partial charge in [-0.25, -0.2) is 4.98 Å². The maximum absolute atomic E-state index is 6.26. The number of benzene rings is 1. The zero-order chi connectivity index (χ0) is 13.9. The van der Waals surface area contributed by atoms with Crippen LogP contribution in [-0.4, -0.2) is 31.2 Å². The van der Waals surface area contributed by atoms with Crippen molar-refractivity contribution in [2.24, 2.45) is 0 Å². The third kappa shape index (κ3) is 2.91. The van der Waals surface area contributed by atoms with Crippen molar-refractivity contribution < 1.29 is 0 Å². The highest BCUT2D eigenvalue weighted by atomic mass is 79.9. The van der Waals surface area contributed by atoms with E-state index in [1.807, 2.05) is 30.3 Å². The van der Waals surface area contributed by atoms with Crippen LogP contribution in [0.2, 0.25) is 5.02 Å². The SMILES string of the molecule is Clc1ccccc1N1CCN(c2cccc(Br)n2)CC1. The smallest absolute Gasteiger partial charge is 0.129 e. The number of piperazine rings is 1. The summed E-state index contributed by atoms with van der Waals surface area (Å²) in [6.45, 7) is 3.82. The summed E-state index contributed by atoms with van der Waals surface area (Å²) in [5.41, 5.74) is 1.12. The summed E-state index contributed by atoms with van der Waals surface area (Å²) in [7, 11) is 0. The van der Waals surface area contributed by atoms with E-state index >= 15 is 0 Å². The predicted molar refractivity (Wildman–Crippen MR) is 87.8 cm³/mol. The highest BCUT2D eigenvalue weighted by Crippen LogP contribution is 2.27. The Bertz CT molecular complexity index is 597. The summed E-state index contributed by atoms with van der Waals surface area (Å²) in [6, 6.07) is 14.0. The summed E-state index contributed by atoms with van der Waals surface area (Å²) in [6.07, 6.45) is 0. The lowest BCUT2D eigenvalue weighted by Crippen LogP contribution is -2.46. The number of halogens is 2. The molecule has 1 aromatic heterocycles. The molecule has 0 unspecified atom stereocenters. The van der Waals surface area contributed by atoms with Crippen LogP contribution in [0.25, 0.3) is 0 Å². The van der Waals surface area contributed by atoms with Crippen molar-refractivity contribution in [2.75, 3.05) is 36.0 Å². The van der Waals surface area contributed by atoms with E-state index < -0.39 is 0 Å². The van der Waals surface area contributed by atoms with Crippen LogP contribution in [0.5, 0.6) is 0 Å². The first kappa shape index (κ1) is 13.7. The Labute approximate surface area is 132 Å². The molecule has 0 radical (unpaired) electrons. The molecule has 0 spiro atoms. The van der Waals surface area contributed by atoms with Crippen molar-refractivity contribution in [2.45, 2.75) is 0 Å². The van der Waals surface area contributed by atoms with Crippen LogP contribution < -0.4 is 9.80 Å². The van der Waals surface area contributed by atoms with Gasteiger partial charge in [-0.3, -0.25) is 0 Å². The van der Waals surface area contributed by atoms with Crippen LogP contribution in [0.1, 0.15) is 0 Å². The lowest BCUT2D eigenvalue weighted by Gasteiger charge is -2.37. The molecule has 0 aliphatic carbocycles. The lowest BCUT2D eigenvalue weighted by atomic mass is 10.2. The maximum atomic E-state index is 6.26. The molecule has 3 rings (SSSR count). The second kappa shape index (κ2) is 6.02. The highest BCUT2D eigenvalue weighted by molar-refractivity contribution is 9.10. The monoisotopic (exact) mass is 351 g/mol. The first-order valence-corrected chi connectivity index (χ1v) is 7.78. The largest absolute Gasteiger partial charge is 0.367 e. The Balaban J connectivity index is 1.70. The number of nitrogens with zero attached hydrogens (tertiary/aromatic N) is 3. The lowest BCUT2D eigenvalue weighted by molar-refractivity contribution is 0.647. The predicted octanol–water partition coefficient (Wildman–Crippen LogP) is 3.82. The second-order valence-electron chi connectivity index (χ2n) is 4.74. The number of pyridine rings is 1. The van der Waals surface area contributed by atoms with E-state index in [-0.39, 0.29) is 0 Å². The molecule has 2 aromatic rings. The van der Waals surface area contributed by atoms with Crippen LogP contribution in [0, 0.1) is 0 Å². The number of hydrogen-bond acceptors (Lipinski definition) is 3. The first-order valence-electron chi connectivity index (χ1n) is 6.61. The van der Waals surface area contributed by atoms with E-state index in [4.69, 9.17) is 11.6 Å². The molecule has 1 aromatic carbocycles. The van der Waals surface area contributed by atoms with Gasteiger partial charge in [0, 0.05) is 26.2 Å². The van der Waals surface area contributed by atoms with Crippen molar-refractivity contribution in [3.8, 4) is 0 Å². The molecule has 2 heterocycles. The average molecular weight is 353 g/mol. The number of anilines is 2. The average Bonchev–Trinajstić information content (AvgIpc) is 2.48. The van der Waals surface area contributed by atoms with Crippen molar-refractivity contribution in [3.63, 3.8) is 0 Å².